The lowest BCUT2D eigenvalue weighted by Gasteiger charge is -2.15. The number of halogens is 3. The number of nitrogens with zero attached hydrogens (tertiary/aromatic N) is 4. The summed E-state index contributed by atoms with van der Waals surface area (Å²) < 4.78 is 38.4. The number of carbonyl (C=O) groups is 3. The summed E-state index contributed by atoms with van der Waals surface area (Å²) in [5, 5.41) is 9.23. The van der Waals surface area contributed by atoms with Crippen molar-refractivity contribution in [2.45, 2.75) is 32.9 Å². The Bertz CT molecular complexity index is 1210. The maximum Gasteiger partial charge on any atom is 0.416 e. The van der Waals surface area contributed by atoms with Crippen LogP contribution in [0.2, 0.25) is 0 Å². The van der Waals surface area contributed by atoms with Gasteiger partial charge in [0.15, 0.2) is 0 Å². The van der Waals surface area contributed by atoms with E-state index < -0.39 is 29.5 Å². The molecule has 1 N–H and O–H groups in total. The van der Waals surface area contributed by atoms with E-state index in [-0.39, 0.29) is 17.3 Å². The van der Waals surface area contributed by atoms with Crippen LogP contribution in [0, 0.1) is 5.92 Å². The Morgan fingerprint density at radius 3 is 2.34 bits per heavy atom. The number of carbonyl (C=O) groups excluding carboxylic acids is 3. The summed E-state index contributed by atoms with van der Waals surface area (Å²) in [7, 11) is 0. The number of alkyl halides is 3. The first kappa shape index (κ1) is 24.6. The molecular formula is C23H22F3N5O3S. The average Bonchev–Trinajstić information content (AvgIpc) is 3.57. The molecule has 1 unspecified atom stereocenters. The number of benzene rings is 1. The molecule has 1 atom stereocenters. The largest absolute Gasteiger partial charge is 0.416 e. The molecule has 1 fully saturated rings. The average molecular weight is 506 g/mol. The van der Waals surface area contributed by atoms with Gasteiger partial charge in [-0.1, -0.05) is 0 Å². The maximum atomic E-state index is 12.9. The molecule has 184 valence electrons. The van der Waals surface area contributed by atoms with Gasteiger partial charge in [0, 0.05) is 13.1 Å². The molecule has 2 aliphatic heterocycles. The van der Waals surface area contributed by atoms with Crippen molar-refractivity contribution in [3.63, 3.8) is 0 Å². The molecule has 0 radical (unpaired) electrons. The van der Waals surface area contributed by atoms with Crippen molar-refractivity contribution in [3.05, 3.63) is 51.7 Å². The van der Waals surface area contributed by atoms with Crippen LogP contribution in [0.5, 0.6) is 0 Å². The van der Waals surface area contributed by atoms with Gasteiger partial charge in [0.25, 0.3) is 17.7 Å². The molecule has 0 aliphatic carbocycles. The van der Waals surface area contributed by atoms with Crippen LogP contribution in [-0.2, 0) is 11.0 Å². The summed E-state index contributed by atoms with van der Waals surface area (Å²) in [5.74, 6) is -1.98. The van der Waals surface area contributed by atoms with Crippen molar-refractivity contribution < 1.29 is 27.6 Å². The third-order valence-electron chi connectivity index (χ3n) is 5.76. The minimum absolute atomic E-state index is 0.0991. The zero-order valence-electron chi connectivity index (χ0n) is 18.9. The standard InChI is InChI=1S/C23H22F3N5O3S/c1-13(27-28-20(32)17-9-10-18(35-17)21(33)30-11-3-4-12-30)19-14(2)29-31(22(19)34)16-7-5-15(6-8-16)23(24,25)26/h5-10,19H,3-4,11-12H2,1-2H3,(H,28,32)/b27-13+. The van der Waals surface area contributed by atoms with Crippen LogP contribution in [0.3, 0.4) is 0 Å². The van der Waals surface area contributed by atoms with E-state index in [0.29, 0.717) is 28.6 Å². The van der Waals surface area contributed by atoms with Crippen LogP contribution in [0.1, 0.15) is 51.6 Å². The highest BCUT2D eigenvalue weighted by atomic mass is 32.1. The Morgan fingerprint density at radius 1 is 1.09 bits per heavy atom. The van der Waals surface area contributed by atoms with E-state index in [2.05, 4.69) is 15.6 Å². The molecule has 1 aromatic heterocycles. The molecule has 0 spiro atoms. The second-order valence-electron chi connectivity index (χ2n) is 8.23. The fourth-order valence-corrected chi connectivity index (χ4v) is 4.80. The summed E-state index contributed by atoms with van der Waals surface area (Å²) in [6.07, 6.45) is -2.55. The Kier molecular flexibility index (Phi) is 6.75. The number of anilines is 1. The van der Waals surface area contributed by atoms with Crippen molar-refractivity contribution >= 4 is 46.2 Å². The SMILES string of the molecule is CC1=NN(c2ccc(C(F)(F)F)cc2)C(=O)C1/C(C)=N/NC(=O)c1ccc(C(=O)N2CCCC2)s1. The highest BCUT2D eigenvalue weighted by molar-refractivity contribution is 7.15. The van der Waals surface area contributed by atoms with Gasteiger partial charge in [0.2, 0.25) is 0 Å². The lowest BCUT2D eigenvalue weighted by Crippen LogP contribution is -2.33. The van der Waals surface area contributed by atoms with Crippen LogP contribution in [0.4, 0.5) is 18.9 Å². The van der Waals surface area contributed by atoms with Crippen LogP contribution in [0.15, 0.2) is 46.6 Å². The van der Waals surface area contributed by atoms with Gasteiger partial charge in [0.05, 0.1) is 32.4 Å². The van der Waals surface area contributed by atoms with Gasteiger partial charge >= 0.3 is 6.18 Å². The van der Waals surface area contributed by atoms with E-state index in [4.69, 9.17) is 0 Å². The summed E-state index contributed by atoms with van der Waals surface area (Å²) in [6, 6.07) is 7.26. The van der Waals surface area contributed by atoms with E-state index in [9.17, 15) is 27.6 Å². The lowest BCUT2D eigenvalue weighted by atomic mass is 9.99. The summed E-state index contributed by atoms with van der Waals surface area (Å²) in [6.45, 7) is 4.57. The molecule has 8 nitrogen and oxygen atoms in total. The summed E-state index contributed by atoms with van der Waals surface area (Å²) in [4.78, 5) is 40.5. The summed E-state index contributed by atoms with van der Waals surface area (Å²) in [5.41, 5.74) is 2.42. The first-order valence-electron chi connectivity index (χ1n) is 10.9. The Morgan fingerprint density at radius 2 is 1.71 bits per heavy atom. The van der Waals surface area contributed by atoms with E-state index >= 15 is 0 Å². The summed E-state index contributed by atoms with van der Waals surface area (Å²) >= 11 is 1.07. The highest BCUT2D eigenvalue weighted by Gasteiger charge is 2.37. The van der Waals surface area contributed by atoms with Gasteiger partial charge in [-0.25, -0.2) is 5.43 Å². The number of hydrazone groups is 2. The topological polar surface area (TPSA) is 94.4 Å². The molecule has 4 rings (SSSR count). The third kappa shape index (κ3) is 5.11. The van der Waals surface area contributed by atoms with Crippen molar-refractivity contribution in [3.8, 4) is 0 Å². The predicted octanol–water partition coefficient (Wildman–Crippen LogP) is 4.15. The molecule has 1 saturated heterocycles. The van der Waals surface area contributed by atoms with E-state index in [1.54, 1.807) is 30.9 Å². The number of nitrogens with one attached hydrogen (secondary N) is 1. The number of likely N-dealkylation sites (tertiary alicyclic amines) is 1. The van der Waals surface area contributed by atoms with Crippen LogP contribution in [-0.4, -0.2) is 47.1 Å². The second-order valence-corrected chi connectivity index (χ2v) is 9.31. The molecule has 12 heteroatoms. The lowest BCUT2D eigenvalue weighted by molar-refractivity contribution is -0.137. The molecule has 35 heavy (non-hydrogen) atoms. The van der Waals surface area contributed by atoms with Gasteiger partial charge in [-0.3, -0.25) is 14.4 Å². The van der Waals surface area contributed by atoms with Gasteiger partial charge in [-0.2, -0.15) is 28.4 Å². The molecule has 2 aromatic rings. The second kappa shape index (κ2) is 9.61. The van der Waals surface area contributed by atoms with E-state index in [1.807, 2.05) is 0 Å². The van der Waals surface area contributed by atoms with Crippen LogP contribution >= 0.6 is 11.3 Å². The zero-order valence-corrected chi connectivity index (χ0v) is 19.7. The predicted molar refractivity (Wildman–Crippen MR) is 126 cm³/mol. The fourth-order valence-electron chi connectivity index (χ4n) is 3.93. The number of rotatable bonds is 5. The number of amides is 3. The van der Waals surface area contributed by atoms with Crippen molar-refractivity contribution in [2.75, 3.05) is 18.1 Å². The quantitative estimate of drug-likeness (QED) is 0.489. The minimum atomic E-state index is -4.48. The molecule has 0 bridgehead atoms. The Labute approximate surface area is 203 Å². The van der Waals surface area contributed by atoms with Crippen LogP contribution < -0.4 is 10.4 Å². The van der Waals surface area contributed by atoms with Crippen molar-refractivity contribution in [2.24, 2.45) is 16.1 Å². The first-order valence-corrected chi connectivity index (χ1v) is 11.7. The Hall–Kier alpha value is -3.54. The molecule has 3 heterocycles. The van der Waals surface area contributed by atoms with E-state index in [0.717, 1.165) is 41.3 Å². The van der Waals surface area contributed by atoms with E-state index in [1.165, 1.54) is 12.1 Å². The number of hydrogen-bond acceptors (Lipinski definition) is 6. The molecule has 2 aliphatic rings. The molecule has 0 saturated carbocycles. The minimum Gasteiger partial charge on any atom is -0.338 e. The molecule has 3 amide bonds. The number of hydrogen-bond donors (Lipinski definition) is 1. The maximum absolute atomic E-state index is 12.9. The van der Waals surface area contributed by atoms with Gasteiger partial charge in [0.1, 0.15) is 5.92 Å². The normalized spacial score (nSPS) is 18.8. The fraction of sp³-hybridized carbons (Fsp3) is 0.348. The van der Waals surface area contributed by atoms with Gasteiger partial charge < -0.3 is 4.90 Å². The molecular weight excluding hydrogens is 483 g/mol. The monoisotopic (exact) mass is 505 g/mol. The van der Waals surface area contributed by atoms with Crippen LogP contribution in [0.25, 0.3) is 0 Å². The smallest absolute Gasteiger partial charge is 0.338 e. The van der Waals surface area contributed by atoms with Gasteiger partial charge in [-0.05, 0) is 63.1 Å². The highest BCUT2D eigenvalue weighted by Crippen LogP contribution is 2.32. The number of thiophene rings is 1. The Balaban J connectivity index is 1.41. The van der Waals surface area contributed by atoms with Gasteiger partial charge in [-0.15, -0.1) is 11.3 Å². The third-order valence-corrected chi connectivity index (χ3v) is 6.83. The van der Waals surface area contributed by atoms with Crippen molar-refractivity contribution in [1.82, 2.24) is 10.3 Å². The molecule has 1 aromatic carbocycles. The zero-order chi connectivity index (χ0) is 25.3. The first-order chi connectivity index (χ1) is 16.6. The van der Waals surface area contributed by atoms with Crippen molar-refractivity contribution in [1.29, 1.82) is 0 Å².